The molecule has 3 aromatic heterocycles. The molecule has 0 saturated heterocycles. The highest BCUT2D eigenvalue weighted by Crippen LogP contribution is 2.45. The molecule has 0 atom stereocenters. The SMILES string of the molecule is Cc1cc(C(F)(F)F)nc2sc(C(N)=O)c(NC(=O)Cn3nc(C(F)F)c(Cl)c3C3CC3)c12. The number of nitrogens with two attached hydrogens (primary N) is 1. The summed E-state index contributed by atoms with van der Waals surface area (Å²) in [5.41, 5.74) is 3.92. The monoisotopic (exact) mass is 507 g/mol. The van der Waals surface area contributed by atoms with Gasteiger partial charge >= 0.3 is 6.18 Å². The van der Waals surface area contributed by atoms with E-state index in [0.29, 0.717) is 29.9 Å². The summed E-state index contributed by atoms with van der Waals surface area (Å²) in [5.74, 6) is -1.82. The minimum atomic E-state index is -4.71. The first-order chi connectivity index (χ1) is 15.4. The van der Waals surface area contributed by atoms with E-state index in [0.717, 1.165) is 10.7 Å². The first-order valence-electron chi connectivity index (χ1n) is 9.53. The van der Waals surface area contributed by atoms with E-state index < -0.39 is 42.3 Å². The summed E-state index contributed by atoms with van der Waals surface area (Å²) in [4.78, 5) is 27.9. The Morgan fingerprint density at radius 3 is 2.58 bits per heavy atom. The van der Waals surface area contributed by atoms with E-state index >= 15 is 0 Å². The van der Waals surface area contributed by atoms with E-state index in [2.05, 4.69) is 15.4 Å². The molecule has 4 rings (SSSR count). The van der Waals surface area contributed by atoms with Crippen LogP contribution in [0.1, 0.15) is 57.5 Å². The molecule has 3 N–H and O–H groups in total. The lowest BCUT2D eigenvalue weighted by atomic mass is 10.1. The third kappa shape index (κ3) is 4.38. The van der Waals surface area contributed by atoms with Crippen LogP contribution in [0.4, 0.5) is 27.6 Å². The average Bonchev–Trinajstić information content (AvgIpc) is 3.37. The fourth-order valence-corrected chi connectivity index (χ4v) is 4.95. The lowest BCUT2D eigenvalue weighted by Crippen LogP contribution is -2.22. The molecular formula is C19H15ClF5N5O2S. The van der Waals surface area contributed by atoms with Gasteiger partial charge in [-0.05, 0) is 31.4 Å². The van der Waals surface area contributed by atoms with Crippen LogP contribution in [0.2, 0.25) is 5.02 Å². The lowest BCUT2D eigenvalue weighted by molar-refractivity contribution is -0.141. The van der Waals surface area contributed by atoms with Crippen LogP contribution >= 0.6 is 22.9 Å². The summed E-state index contributed by atoms with van der Waals surface area (Å²) < 4.78 is 66.9. The van der Waals surface area contributed by atoms with E-state index in [9.17, 15) is 31.5 Å². The maximum atomic E-state index is 13.2. The van der Waals surface area contributed by atoms with Crippen LogP contribution in [0.25, 0.3) is 10.2 Å². The van der Waals surface area contributed by atoms with Crippen molar-refractivity contribution in [2.45, 2.75) is 44.8 Å². The Bertz CT molecular complexity index is 1280. The van der Waals surface area contributed by atoms with Crippen molar-refractivity contribution < 1.29 is 31.5 Å². The van der Waals surface area contributed by atoms with Crippen LogP contribution in [0.3, 0.4) is 0 Å². The van der Waals surface area contributed by atoms with Crippen molar-refractivity contribution in [1.29, 1.82) is 0 Å². The van der Waals surface area contributed by atoms with Crippen LogP contribution in [-0.2, 0) is 17.5 Å². The quantitative estimate of drug-likeness (QED) is 0.457. The minimum absolute atomic E-state index is 0.0912. The molecule has 0 unspecified atom stereocenters. The molecule has 3 aromatic rings. The van der Waals surface area contributed by atoms with Crippen molar-refractivity contribution in [1.82, 2.24) is 14.8 Å². The van der Waals surface area contributed by atoms with Gasteiger partial charge in [0, 0.05) is 11.3 Å². The summed E-state index contributed by atoms with van der Waals surface area (Å²) in [6.45, 7) is 0.876. The van der Waals surface area contributed by atoms with Crippen molar-refractivity contribution in [2.24, 2.45) is 5.73 Å². The van der Waals surface area contributed by atoms with Crippen LogP contribution in [0, 0.1) is 6.92 Å². The first-order valence-corrected chi connectivity index (χ1v) is 10.7. The number of aromatic nitrogens is 3. The van der Waals surface area contributed by atoms with Crippen LogP contribution < -0.4 is 11.1 Å². The van der Waals surface area contributed by atoms with Gasteiger partial charge in [0.1, 0.15) is 27.6 Å². The number of anilines is 1. The largest absolute Gasteiger partial charge is 0.433 e. The molecule has 14 heteroatoms. The van der Waals surface area contributed by atoms with E-state index in [-0.39, 0.29) is 37.3 Å². The van der Waals surface area contributed by atoms with Crippen molar-refractivity contribution in [3.63, 3.8) is 0 Å². The van der Waals surface area contributed by atoms with Gasteiger partial charge in [-0.15, -0.1) is 11.3 Å². The number of halogens is 6. The molecule has 7 nitrogen and oxygen atoms in total. The standard InChI is InChI=1S/C19H15ClF5N5O2S/c1-6-4-8(19(23,24)25)27-18-10(6)12(15(33-18)17(26)32)28-9(31)5-30-14(7-2-3-7)11(20)13(29-30)16(21)22/h4,7,16H,2-3,5H2,1H3,(H2,26,32)(H,28,31). The first kappa shape index (κ1) is 23.4. The zero-order valence-electron chi connectivity index (χ0n) is 16.8. The fraction of sp³-hybridized carbons (Fsp3) is 0.368. The Morgan fingerprint density at radius 1 is 1.36 bits per heavy atom. The van der Waals surface area contributed by atoms with Gasteiger partial charge < -0.3 is 11.1 Å². The zero-order chi connectivity index (χ0) is 24.2. The molecule has 1 saturated carbocycles. The molecule has 0 aliphatic heterocycles. The van der Waals surface area contributed by atoms with Crippen molar-refractivity contribution in [2.75, 3.05) is 5.32 Å². The number of fused-ring (bicyclic) bond motifs is 1. The molecule has 0 bridgehead atoms. The van der Waals surface area contributed by atoms with Gasteiger partial charge in [0.15, 0.2) is 0 Å². The average molecular weight is 508 g/mol. The number of nitrogens with one attached hydrogen (secondary N) is 1. The molecular weight excluding hydrogens is 493 g/mol. The number of pyridine rings is 1. The van der Waals surface area contributed by atoms with E-state index in [1.807, 2.05) is 0 Å². The van der Waals surface area contributed by atoms with Crippen molar-refractivity contribution in [3.05, 3.63) is 38.6 Å². The predicted molar refractivity (Wildman–Crippen MR) is 111 cm³/mol. The maximum absolute atomic E-state index is 13.2. The number of thiophene rings is 1. The number of alkyl halides is 5. The molecule has 33 heavy (non-hydrogen) atoms. The maximum Gasteiger partial charge on any atom is 0.433 e. The Labute approximate surface area is 191 Å². The van der Waals surface area contributed by atoms with Gasteiger partial charge in [0.25, 0.3) is 12.3 Å². The highest BCUT2D eigenvalue weighted by atomic mass is 35.5. The van der Waals surface area contributed by atoms with Gasteiger partial charge in [-0.25, -0.2) is 13.8 Å². The molecule has 1 aliphatic carbocycles. The molecule has 3 heterocycles. The number of hydrogen-bond acceptors (Lipinski definition) is 5. The van der Waals surface area contributed by atoms with Gasteiger partial charge in [0.05, 0.1) is 16.4 Å². The highest BCUT2D eigenvalue weighted by Gasteiger charge is 2.36. The predicted octanol–water partition coefficient (Wildman–Crippen LogP) is 5.03. The van der Waals surface area contributed by atoms with Crippen LogP contribution in [0.5, 0.6) is 0 Å². The van der Waals surface area contributed by atoms with Gasteiger partial charge in [0.2, 0.25) is 5.91 Å². The summed E-state index contributed by atoms with van der Waals surface area (Å²) in [7, 11) is 0. The molecule has 0 spiro atoms. The Balaban J connectivity index is 1.71. The number of carbonyl (C=O) groups excluding carboxylic acids is 2. The van der Waals surface area contributed by atoms with Gasteiger partial charge in [-0.2, -0.15) is 18.3 Å². The number of rotatable bonds is 6. The number of carbonyl (C=O) groups is 2. The van der Waals surface area contributed by atoms with E-state index in [4.69, 9.17) is 17.3 Å². The Hall–Kier alpha value is -2.80. The Kier molecular flexibility index (Phi) is 5.81. The normalized spacial score (nSPS) is 14.3. The summed E-state index contributed by atoms with van der Waals surface area (Å²) >= 11 is 6.66. The number of nitrogens with zero attached hydrogens (tertiary/aromatic N) is 3. The number of primary amides is 1. The molecule has 176 valence electrons. The highest BCUT2D eigenvalue weighted by molar-refractivity contribution is 7.21. The Morgan fingerprint density at radius 2 is 2.03 bits per heavy atom. The molecule has 0 aromatic carbocycles. The van der Waals surface area contributed by atoms with Crippen LogP contribution in [-0.4, -0.2) is 26.6 Å². The van der Waals surface area contributed by atoms with E-state index in [1.165, 1.54) is 6.92 Å². The summed E-state index contributed by atoms with van der Waals surface area (Å²) in [6, 6.07) is 0.795. The third-order valence-corrected chi connectivity index (χ3v) is 6.54. The molecule has 1 fully saturated rings. The number of amides is 2. The second-order valence-electron chi connectivity index (χ2n) is 7.54. The van der Waals surface area contributed by atoms with Crippen LogP contribution in [0.15, 0.2) is 6.07 Å². The van der Waals surface area contributed by atoms with Gasteiger partial charge in [-0.3, -0.25) is 14.3 Å². The number of hydrogen-bond donors (Lipinski definition) is 2. The zero-order valence-corrected chi connectivity index (χ0v) is 18.3. The minimum Gasteiger partial charge on any atom is -0.365 e. The van der Waals surface area contributed by atoms with Crippen molar-refractivity contribution in [3.8, 4) is 0 Å². The topological polar surface area (TPSA) is 103 Å². The second kappa shape index (κ2) is 8.20. The molecule has 2 amide bonds. The smallest absolute Gasteiger partial charge is 0.365 e. The molecule has 1 aliphatic rings. The fourth-order valence-electron chi connectivity index (χ4n) is 3.51. The molecule has 0 radical (unpaired) electrons. The van der Waals surface area contributed by atoms with E-state index in [1.54, 1.807) is 0 Å². The number of aryl methyl sites for hydroxylation is 1. The van der Waals surface area contributed by atoms with Crippen molar-refractivity contribution >= 4 is 50.7 Å². The third-order valence-electron chi connectivity index (χ3n) is 5.06. The summed E-state index contributed by atoms with van der Waals surface area (Å²) in [6.07, 6.45) is -6.22. The second-order valence-corrected chi connectivity index (χ2v) is 8.92. The van der Waals surface area contributed by atoms with Gasteiger partial charge in [-0.1, -0.05) is 11.6 Å². The summed E-state index contributed by atoms with van der Waals surface area (Å²) in [5, 5.41) is 6.16. The lowest BCUT2D eigenvalue weighted by Gasteiger charge is -2.11.